The summed E-state index contributed by atoms with van der Waals surface area (Å²) in [6.07, 6.45) is 0.377. The summed E-state index contributed by atoms with van der Waals surface area (Å²) in [5, 5.41) is 9.50. The van der Waals surface area contributed by atoms with E-state index < -0.39 is 0 Å². The molecule has 1 aliphatic rings. The summed E-state index contributed by atoms with van der Waals surface area (Å²) < 4.78 is 17.6. The zero-order valence-corrected chi connectivity index (χ0v) is 10.9. The number of piperidine rings is 1. The summed E-state index contributed by atoms with van der Waals surface area (Å²) in [6, 6.07) is 6.35. The van der Waals surface area contributed by atoms with Gasteiger partial charge >= 0.3 is 6.09 Å². The molecule has 0 bridgehead atoms. The molecule has 1 aliphatic heterocycles. The average Bonchev–Trinajstić information content (AvgIpc) is 2.46. The van der Waals surface area contributed by atoms with E-state index in [2.05, 4.69) is 0 Å². The number of carbonyl (C=O) groups is 1. The molecule has 0 aromatic heterocycles. The average molecular weight is 267 g/mol. The second-order valence-corrected chi connectivity index (χ2v) is 4.81. The van der Waals surface area contributed by atoms with Gasteiger partial charge in [-0.3, -0.25) is 0 Å². The molecule has 0 saturated carbocycles. The lowest BCUT2D eigenvalue weighted by atomic mass is 9.81. The molecule has 1 heterocycles. The smallest absolute Gasteiger partial charge is 0.409 e. The molecule has 19 heavy (non-hydrogen) atoms. The van der Waals surface area contributed by atoms with Crippen LogP contribution in [-0.4, -0.2) is 42.9 Å². The molecule has 2 rings (SSSR count). The quantitative estimate of drug-likeness (QED) is 0.891. The number of hydrogen-bond acceptors (Lipinski definition) is 3. The van der Waals surface area contributed by atoms with Gasteiger partial charge in [0, 0.05) is 25.6 Å². The van der Waals surface area contributed by atoms with Crippen molar-refractivity contribution in [3.05, 3.63) is 35.6 Å². The lowest BCUT2D eigenvalue weighted by Crippen LogP contribution is -2.44. The summed E-state index contributed by atoms with van der Waals surface area (Å²) in [5.74, 6) is -0.166. The van der Waals surface area contributed by atoms with Gasteiger partial charge in [0.15, 0.2) is 0 Å². The van der Waals surface area contributed by atoms with Gasteiger partial charge < -0.3 is 14.7 Å². The maximum Gasteiger partial charge on any atom is 0.409 e. The zero-order valence-electron chi connectivity index (χ0n) is 10.9. The number of ether oxygens (including phenoxy) is 1. The van der Waals surface area contributed by atoms with Crippen LogP contribution in [0.3, 0.4) is 0 Å². The Morgan fingerprint density at radius 1 is 1.47 bits per heavy atom. The van der Waals surface area contributed by atoms with Gasteiger partial charge in [-0.25, -0.2) is 9.18 Å². The van der Waals surface area contributed by atoms with E-state index in [1.807, 2.05) is 0 Å². The van der Waals surface area contributed by atoms with E-state index in [-0.39, 0.29) is 30.4 Å². The summed E-state index contributed by atoms with van der Waals surface area (Å²) in [6.45, 7) is 1.05. The van der Waals surface area contributed by atoms with Gasteiger partial charge in [-0.1, -0.05) is 12.1 Å². The van der Waals surface area contributed by atoms with Crippen LogP contribution in [0.5, 0.6) is 0 Å². The van der Waals surface area contributed by atoms with Crippen molar-refractivity contribution in [2.75, 3.05) is 26.8 Å². The van der Waals surface area contributed by atoms with Gasteiger partial charge in [0.2, 0.25) is 0 Å². The third-order valence-electron chi connectivity index (χ3n) is 3.70. The Morgan fingerprint density at radius 3 is 2.74 bits per heavy atom. The number of aliphatic hydroxyl groups excluding tert-OH is 1. The molecule has 0 spiro atoms. The highest BCUT2D eigenvalue weighted by Crippen LogP contribution is 2.33. The van der Waals surface area contributed by atoms with Gasteiger partial charge in [0.25, 0.3) is 0 Å². The van der Waals surface area contributed by atoms with Gasteiger partial charge in [-0.05, 0) is 30.0 Å². The van der Waals surface area contributed by atoms with Crippen molar-refractivity contribution in [1.29, 1.82) is 0 Å². The Kier molecular flexibility index (Phi) is 4.37. The standard InChI is InChI=1S/C14H18FNO3/c1-19-14(18)16-7-6-13(11(8-16)9-17)10-2-4-12(15)5-3-10/h2-5,11,13,17H,6-9H2,1H3/t11-,13+/m1/s1. The fraction of sp³-hybridized carbons (Fsp3) is 0.500. The van der Waals surface area contributed by atoms with Crippen molar-refractivity contribution in [3.63, 3.8) is 0 Å². The SMILES string of the molecule is COC(=O)N1CC[C@@H](c2ccc(F)cc2)[C@@H](CO)C1. The number of benzene rings is 1. The number of nitrogens with zero attached hydrogens (tertiary/aromatic N) is 1. The maximum atomic E-state index is 12.9. The first-order valence-electron chi connectivity index (χ1n) is 6.35. The highest BCUT2D eigenvalue weighted by atomic mass is 19.1. The fourth-order valence-corrected chi connectivity index (χ4v) is 2.66. The predicted octanol–water partition coefficient (Wildman–Crippen LogP) is 1.99. The van der Waals surface area contributed by atoms with Gasteiger partial charge in [0.05, 0.1) is 7.11 Å². The third-order valence-corrected chi connectivity index (χ3v) is 3.70. The number of rotatable bonds is 2. The van der Waals surface area contributed by atoms with Gasteiger partial charge in [-0.2, -0.15) is 0 Å². The van der Waals surface area contributed by atoms with E-state index in [4.69, 9.17) is 4.74 Å². The zero-order chi connectivity index (χ0) is 13.8. The van der Waals surface area contributed by atoms with Crippen LogP contribution in [-0.2, 0) is 4.74 Å². The molecule has 1 amide bonds. The normalized spacial score (nSPS) is 23.2. The van der Waals surface area contributed by atoms with Crippen molar-refractivity contribution in [3.8, 4) is 0 Å². The van der Waals surface area contributed by atoms with E-state index in [1.165, 1.54) is 19.2 Å². The molecule has 104 valence electrons. The molecule has 2 atom stereocenters. The van der Waals surface area contributed by atoms with E-state index >= 15 is 0 Å². The first kappa shape index (κ1) is 13.8. The molecular formula is C14H18FNO3. The molecule has 4 nitrogen and oxygen atoms in total. The number of halogens is 1. The Hall–Kier alpha value is -1.62. The first-order valence-corrected chi connectivity index (χ1v) is 6.35. The number of likely N-dealkylation sites (tertiary alicyclic amines) is 1. The second kappa shape index (κ2) is 6.02. The monoisotopic (exact) mass is 267 g/mol. The number of amides is 1. The van der Waals surface area contributed by atoms with Crippen LogP contribution >= 0.6 is 0 Å². The second-order valence-electron chi connectivity index (χ2n) is 4.81. The number of methoxy groups -OCH3 is 1. The molecule has 1 saturated heterocycles. The van der Waals surface area contributed by atoms with E-state index in [9.17, 15) is 14.3 Å². The Labute approximate surface area is 111 Å². The van der Waals surface area contributed by atoms with Crippen LogP contribution in [0.4, 0.5) is 9.18 Å². The van der Waals surface area contributed by atoms with Crippen LogP contribution in [0.2, 0.25) is 0 Å². The lowest BCUT2D eigenvalue weighted by Gasteiger charge is -2.37. The molecule has 1 fully saturated rings. The summed E-state index contributed by atoms with van der Waals surface area (Å²) in [7, 11) is 1.35. The lowest BCUT2D eigenvalue weighted by molar-refractivity contribution is 0.0773. The highest BCUT2D eigenvalue weighted by Gasteiger charge is 2.32. The topological polar surface area (TPSA) is 49.8 Å². The minimum atomic E-state index is -0.365. The van der Waals surface area contributed by atoms with E-state index in [1.54, 1.807) is 17.0 Å². The summed E-state index contributed by atoms with van der Waals surface area (Å²) in [4.78, 5) is 13.1. The van der Waals surface area contributed by atoms with Crippen LogP contribution in [0.1, 0.15) is 17.9 Å². The molecule has 1 aromatic carbocycles. The maximum absolute atomic E-state index is 12.9. The van der Waals surface area contributed by atoms with Crippen LogP contribution in [0.15, 0.2) is 24.3 Å². The highest BCUT2D eigenvalue weighted by molar-refractivity contribution is 5.67. The number of aliphatic hydroxyl groups is 1. The van der Waals surface area contributed by atoms with Crippen LogP contribution in [0, 0.1) is 11.7 Å². The van der Waals surface area contributed by atoms with Crippen molar-refractivity contribution >= 4 is 6.09 Å². The molecule has 0 unspecified atom stereocenters. The minimum Gasteiger partial charge on any atom is -0.453 e. The summed E-state index contributed by atoms with van der Waals surface area (Å²) in [5.41, 5.74) is 1.00. The van der Waals surface area contributed by atoms with Crippen molar-refractivity contribution in [1.82, 2.24) is 4.90 Å². The van der Waals surface area contributed by atoms with Crippen molar-refractivity contribution < 1.29 is 19.0 Å². The largest absolute Gasteiger partial charge is 0.453 e. The fourth-order valence-electron chi connectivity index (χ4n) is 2.66. The Bertz CT molecular complexity index is 435. The van der Waals surface area contributed by atoms with Crippen LogP contribution in [0.25, 0.3) is 0 Å². The van der Waals surface area contributed by atoms with Crippen LogP contribution < -0.4 is 0 Å². The molecule has 5 heteroatoms. The first-order chi connectivity index (χ1) is 9.15. The Balaban J connectivity index is 2.11. The molecular weight excluding hydrogens is 249 g/mol. The number of carbonyl (C=O) groups excluding carboxylic acids is 1. The van der Waals surface area contributed by atoms with E-state index in [0.29, 0.717) is 13.1 Å². The van der Waals surface area contributed by atoms with Gasteiger partial charge in [0.1, 0.15) is 5.82 Å². The van der Waals surface area contributed by atoms with Crippen molar-refractivity contribution in [2.45, 2.75) is 12.3 Å². The summed E-state index contributed by atoms with van der Waals surface area (Å²) >= 11 is 0. The number of hydrogen-bond donors (Lipinski definition) is 1. The predicted molar refractivity (Wildman–Crippen MR) is 68.3 cm³/mol. The Morgan fingerprint density at radius 2 is 2.16 bits per heavy atom. The third kappa shape index (κ3) is 3.04. The molecule has 1 aromatic rings. The molecule has 0 radical (unpaired) electrons. The minimum absolute atomic E-state index is 0.00443. The molecule has 0 aliphatic carbocycles. The molecule has 1 N–H and O–H groups in total. The van der Waals surface area contributed by atoms with Gasteiger partial charge in [-0.15, -0.1) is 0 Å². The van der Waals surface area contributed by atoms with E-state index in [0.717, 1.165) is 12.0 Å². The van der Waals surface area contributed by atoms with Crippen molar-refractivity contribution in [2.24, 2.45) is 5.92 Å².